The summed E-state index contributed by atoms with van der Waals surface area (Å²) >= 11 is 0. The molecule has 1 aromatic heterocycles. The minimum Gasteiger partial charge on any atom is -0.359 e. The summed E-state index contributed by atoms with van der Waals surface area (Å²) in [6.07, 6.45) is 4.21. The van der Waals surface area contributed by atoms with Crippen LogP contribution in [0.3, 0.4) is 0 Å². The van der Waals surface area contributed by atoms with Crippen LogP contribution in [0.25, 0.3) is 0 Å². The van der Waals surface area contributed by atoms with Gasteiger partial charge in [-0.1, -0.05) is 6.92 Å². The Morgan fingerprint density at radius 1 is 1.25 bits per heavy atom. The van der Waals surface area contributed by atoms with Crippen LogP contribution < -0.4 is 5.32 Å². The van der Waals surface area contributed by atoms with Crippen LogP contribution in [0.4, 0.5) is 0 Å². The molecule has 132 valence electrons. The van der Waals surface area contributed by atoms with Gasteiger partial charge in [0.15, 0.2) is 0 Å². The second kappa shape index (κ2) is 7.94. The zero-order valence-electron chi connectivity index (χ0n) is 14.5. The molecular formula is C16H25N5O3. The van der Waals surface area contributed by atoms with Gasteiger partial charge < -0.3 is 19.7 Å². The Balaban J connectivity index is 2.11. The quantitative estimate of drug-likeness (QED) is 0.803. The van der Waals surface area contributed by atoms with Crippen LogP contribution in [0.2, 0.25) is 0 Å². The molecule has 1 N–H and O–H groups in total. The van der Waals surface area contributed by atoms with Gasteiger partial charge in [-0.15, -0.1) is 0 Å². The van der Waals surface area contributed by atoms with E-state index in [4.69, 9.17) is 0 Å². The highest BCUT2D eigenvalue weighted by molar-refractivity contribution is 5.82. The highest BCUT2D eigenvalue weighted by atomic mass is 16.2. The predicted molar refractivity (Wildman–Crippen MR) is 88.0 cm³/mol. The van der Waals surface area contributed by atoms with Gasteiger partial charge in [-0.05, 0) is 0 Å². The third kappa shape index (κ3) is 4.12. The van der Waals surface area contributed by atoms with Crippen LogP contribution in [-0.2, 0) is 27.3 Å². The fraction of sp³-hybridized carbons (Fsp3) is 0.625. The normalized spacial score (nSPS) is 18.2. The van der Waals surface area contributed by atoms with Crippen molar-refractivity contribution < 1.29 is 14.4 Å². The van der Waals surface area contributed by atoms with Crippen LogP contribution in [-0.4, -0.2) is 70.3 Å². The Bertz CT molecular complexity index is 613. The van der Waals surface area contributed by atoms with E-state index < -0.39 is 5.92 Å². The first-order valence-electron chi connectivity index (χ1n) is 8.21. The second-order valence-corrected chi connectivity index (χ2v) is 5.94. The lowest BCUT2D eigenvalue weighted by Crippen LogP contribution is -2.42. The molecule has 0 spiro atoms. The van der Waals surface area contributed by atoms with Gasteiger partial charge in [0.1, 0.15) is 12.4 Å². The number of nitrogens with one attached hydrogen (secondary N) is 1. The number of nitrogens with zero attached hydrogens (tertiary/aromatic N) is 4. The second-order valence-electron chi connectivity index (χ2n) is 5.94. The van der Waals surface area contributed by atoms with Crippen molar-refractivity contribution in [2.45, 2.75) is 26.8 Å². The number of hydrogen-bond donors (Lipinski definition) is 1. The van der Waals surface area contributed by atoms with E-state index in [2.05, 4.69) is 10.3 Å². The molecule has 2 rings (SSSR count). The molecule has 0 bridgehead atoms. The topological polar surface area (TPSA) is 87.5 Å². The van der Waals surface area contributed by atoms with Gasteiger partial charge in [-0.3, -0.25) is 14.4 Å². The van der Waals surface area contributed by atoms with E-state index in [1.54, 1.807) is 29.2 Å². The number of amides is 3. The molecule has 3 amide bonds. The van der Waals surface area contributed by atoms with Crippen molar-refractivity contribution in [1.29, 1.82) is 0 Å². The summed E-state index contributed by atoms with van der Waals surface area (Å²) in [6, 6.07) is 0. The van der Waals surface area contributed by atoms with Crippen LogP contribution in [0.1, 0.15) is 19.7 Å². The van der Waals surface area contributed by atoms with Crippen LogP contribution in [0.5, 0.6) is 0 Å². The molecular weight excluding hydrogens is 310 g/mol. The lowest BCUT2D eigenvalue weighted by Gasteiger charge is -2.23. The van der Waals surface area contributed by atoms with Crippen LogP contribution >= 0.6 is 0 Å². The van der Waals surface area contributed by atoms with E-state index in [-0.39, 0.29) is 24.3 Å². The number of imidazole rings is 1. The number of hydrogen-bond acceptors (Lipinski definition) is 4. The minimum absolute atomic E-state index is 0.0676. The smallest absolute Gasteiger partial charge is 0.242 e. The Kier molecular flexibility index (Phi) is 5.94. The van der Waals surface area contributed by atoms with Crippen molar-refractivity contribution in [3.05, 3.63) is 18.2 Å². The summed E-state index contributed by atoms with van der Waals surface area (Å²) in [5, 5.41) is 2.62. The zero-order chi connectivity index (χ0) is 17.7. The van der Waals surface area contributed by atoms with Crippen molar-refractivity contribution in [2.24, 2.45) is 5.92 Å². The summed E-state index contributed by atoms with van der Waals surface area (Å²) in [4.78, 5) is 43.9. The zero-order valence-corrected chi connectivity index (χ0v) is 14.5. The van der Waals surface area contributed by atoms with Gasteiger partial charge in [0.2, 0.25) is 17.7 Å². The third-order valence-corrected chi connectivity index (χ3v) is 4.36. The molecule has 0 radical (unpaired) electrons. The highest BCUT2D eigenvalue weighted by Crippen LogP contribution is 2.12. The molecule has 1 aromatic rings. The lowest BCUT2D eigenvalue weighted by molar-refractivity contribution is -0.133. The van der Waals surface area contributed by atoms with Crippen molar-refractivity contribution in [1.82, 2.24) is 24.7 Å². The first kappa shape index (κ1) is 18.0. The minimum atomic E-state index is -0.418. The van der Waals surface area contributed by atoms with E-state index in [1.165, 1.54) is 6.92 Å². The van der Waals surface area contributed by atoms with Crippen LogP contribution in [0, 0.1) is 5.92 Å². The monoisotopic (exact) mass is 335 g/mol. The number of aryl methyl sites for hydroxylation is 1. The molecule has 0 aromatic carbocycles. The fourth-order valence-corrected chi connectivity index (χ4v) is 2.94. The van der Waals surface area contributed by atoms with E-state index in [0.717, 1.165) is 12.2 Å². The first-order chi connectivity index (χ1) is 11.5. The van der Waals surface area contributed by atoms with E-state index in [9.17, 15) is 14.4 Å². The molecule has 8 heteroatoms. The highest BCUT2D eigenvalue weighted by Gasteiger charge is 2.30. The van der Waals surface area contributed by atoms with E-state index >= 15 is 0 Å². The fourth-order valence-electron chi connectivity index (χ4n) is 2.94. The van der Waals surface area contributed by atoms with Gasteiger partial charge in [0, 0.05) is 59.0 Å². The maximum absolute atomic E-state index is 12.7. The van der Waals surface area contributed by atoms with Crippen molar-refractivity contribution in [3.8, 4) is 0 Å². The molecule has 1 aliphatic rings. The Hall–Kier alpha value is -2.38. The number of carbonyl (C=O) groups is 3. The molecule has 0 aliphatic carbocycles. The van der Waals surface area contributed by atoms with Gasteiger partial charge in [-0.2, -0.15) is 0 Å². The van der Waals surface area contributed by atoms with Crippen LogP contribution in [0.15, 0.2) is 12.4 Å². The van der Waals surface area contributed by atoms with Gasteiger partial charge in [0.25, 0.3) is 0 Å². The molecule has 2 heterocycles. The van der Waals surface area contributed by atoms with Crippen molar-refractivity contribution >= 4 is 17.7 Å². The standard InChI is InChI=1S/C16H25N5O3/c1-4-14-18-5-6-20(14)11-15(23)21-8-7-19(12(2)22)9-13(10-21)16(24)17-3/h5-6,13H,4,7-11H2,1-3H3,(H,17,24)/t13-/m1/s1. The average molecular weight is 335 g/mol. The predicted octanol–water partition coefficient (Wildman–Crippen LogP) is -0.502. The maximum Gasteiger partial charge on any atom is 0.242 e. The number of aromatic nitrogens is 2. The summed E-state index contributed by atoms with van der Waals surface area (Å²) in [6.45, 7) is 5.20. The van der Waals surface area contributed by atoms with Crippen molar-refractivity contribution in [3.63, 3.8) is 0 Å². The summed E-state index contributed by atoms with van der Waals surface area (Å²) in [7, 11) is 1.57. The average Bonchev–Trinajstić information content (AvgIpc) is 2.88. The third-order valence-electron chi connectivity index (χ3n) is 4.36. The van der Waals surface area contributed by atoms with E-state index in [1.807, 2.05) is 11.5 Å². The molecule has 8 nitrogen and oxygen atoms in total. The Labute approximate surface area is 141 Å². The van der Waals surface area contributed by atoms with Crippen molar-refractivity contribution in [2.75, 3.05) is 33.2 Å². The Morgan fingerprint density at radius 2 is 1.92 bits per heavy atom. The SMILES string of the molecule is CCc1nccn1CC(=O)N1CCN(C(C)=O)C[C@@H](C(=O)NC)C1. The molecule has 0 saturated carbocycles. The van der Waals surface area contributed by atoms with Gasteiger partial charge in [0.05, 0.1) is 5.92 Å². The largest absolute Gasteiger partial charge is 0.359 e. The summed E-state index contributed by atoms with van der Waals surface area (Å²) < 4.78 is 1.82. The molecule has 1 atom stereocenters. The number of carbonyl (C=O) groups excluding carboxylic acids is 3. The molecule has 0 unspecified atom stereocenters. The summed E-state index contributed by atoms with van der Waals surface area (Å²) in [5.74, 6) is 0.131. The Morgan fingerprint density at radius 3 is 2.54 bits per heavy atom. The lowest BCUT2D eigenvalue weighted by atomic mass is 10.1. The molecule has 1 saturated heterocycles. The first-order valence-corrected chi connectivity index (χ1v) is 8.21. The van der Waals surface area contributed by atoms with E-state index in [0.29, 0.717) is 26.2 Å². The maximum atomic E-state index is 12.7. The molecule has 24 heavy (non-hydrogen) atoms. The van der Waals surface area contributed by atoms with Gasteiger partial charge in [-0.25, -0.2) is 4.98 Å². The molecule has 1 aliphatic heterocycles. The number of rotatable bonds is 4. The molecule has 1 fully saturated rings. The summed E-state index contributed by atoms with van der Waals surface area (Å²) in [5.41, 5.74) is 0. The van der Waals surface area contributed by atoms with Gasteiger partial charge >= 0.3 is 0 Å².